The Morgan fingerprint density at radius 1 is 1.13 bits per heavy atom. The molecule has 3 aromatic rings. The second-order valence-electron chi connectivity index (χ2n) is 6.53. The molecule has 1 unspecified atom stereocenters. The molecule has 0 saturated carbocycles. The number of anilines is 3. The average molecular weight is 524 g/mol. The van der Waals surface area contributed by atoms with Gasteiger partial charge in [-0.3, -0.25) is 0 Å². The highest BCUT2D eigenvalue weighted by Crippen LogP contribution is 2.23. The molecule has 3 N–H and O–H groups in total. The number of nitrogens with one attached hydrogen (secondary N) is 2. The minimum absolute atomic E-state index is 0.00961. The van der Waals surface area contributed by atoms with Gasteiger partial charge in [0, 0.05) is 23.3 Å². The van der Waals surface area contributed by atoms with Gasteiger partial charge in [0.05, 0.1) is 16.0 Å². The summed E-state index contributed by atoms with van der Waals surface area (Å²) in [6.45, 7) is 2.27. The zero-order valence-corrected chi connectivity index (χ0v) is 20.1. The molecule has 0 bridgehead atoms. The molecule has 0 aliphatic rings. The van der Waals surface area contributed by atoms with Gasteiger partial charge in [-0.25, -0.2) is 4.98 Å². The maximum Gasteiger partial charge on any atom is 0.288 e. The van der Waals surface area contributed by atoms with Gasteiger partial charge in [0.2, 0.25) is 5.95 Å². The van der Waals surface area contributed by atoms with E-state index in [1.165, 1.54) is 0 Å². The number of hydrogen-bond acceptors (Lipinski definition) is 7. The number of nitrogens with zero attached hydrogens (tertiary/aromatic N) is 3. The Bertz CT molecular complexity index is 1180. The van der Waals surface area contributed by atoms with Crippen LogP contribution >= 0.6 is 15.9 Å². The van der Waals surface area contributed by atoms with Gasteiger partial charge < -0.3 is 15.7 Å². The maximum absolute atomic E-state index is 12.6. The van der Waals surface area contributed by atoms with Crippen molar-refractivity contribution in [3.8, 4) is 0 Å². The second kappa shape index (κ2) is 10.3. The first-order chi connectivity index (χ1) is 14.8. The summed E-state index contributed by atoms with van der Waals surface area (Å²) in [5, 5.41) is 15.1. The normalized spacial score (nSPS) is 12.5. The van der Waals surface area contributed by atoms with Crippen LogP contribution in [0.2, 0.25) is 0 Å². The van der Waals surface area contributed by atoms with Crippen LogP contribution in [0, 0.1) is 6.92 Å². The van der Waals surface area contributed by atoms with Gasteiger partial charge in [0.1, 0.15) is 5.82 Å². The van der Waals surface area contributed by atoms with Gasteiger partial charge in [-0.15, -0.1) is 3.77 Å². The van der Waals surface area contributed by atoms with Crippen molar-refractivity contribution in [3.63, 3.8) is 0 Å². The number of aryl methyl sites for hydroxylation is 1. The molecule has 0 aliphatic heterocycles. The fraction of sp³-hybridized carbons (Fsp3) is 0.200. The lowest BCUT2D eigenvalue weighted by Gasteiger charge is -2.10. The van der Waals surface area contributed by atoms with Gasteiger partial charge in [0.15, 0.2) is 0 Å². The van der Waals surface area contributed by atoms with E-state index in [9.17, 15) is 8.42 Å². The number of aliphatic hydroxyl groups is 1. The first-order valence-corrected chi connectivity index (χ1v) is 13.1. The summed E-state index contributed by atoms with van der Waals surface area (Å²) in [7, 11) is -4.56. The first kappa shape index (κ1) is 23.3. The Hall–Kier alpha value is -2.34. The minimum atomic E-state index is -3.73. The van der Waals surface area contributed by atoms with Crippen LogP contribution in [0.25, 0.3) is 0 Å². The van der Waals surface area contributed by atoms with Crippen LogP contribution < -0.4 is 10.6 Å². The van der Waals surface area contributed by atoms with Crippen molar-refractivity contribution < 1.29 is 13.5 Å². The molecule has 0 fully saturated rings. The zero-order valence-electron chi connectivity index (χ0n) is 16.9. The van der Waals surface area contributed by atoms with Gasteiger partial charge >= 0.3 is 0 Å². The van der Waals surface area contributed by atoms with Crippen molar-refractivity contribution in [2.75, 3.05) is 30.0 Å². The number of aliphatic hydroxyl groups excluding tert-OH is 1. The van der Waals surface area contributed by atoms with Gasteiger partial charge in [0.25, 0.3) is 10.0 Å². The third-order valence-corrected chi connectivity index (χ3v) is 8.21. The molecule has 0 radical (unpaired) electrons. The zero-order chi connectivity index (χ0) is 22.4. The lowest BCUT2D eigenvalue weighted by atomic mass is 10.2. The van der Waals surface area contributed by atoms with Crippen molar-refractivity contribution in [1.82, 2.24) is 9.97 Å². The van der Waals surface area contributed by atoms with Crippen molar-refractivity contribution in [3.05, 3.63) is 64.8 Å². The molecular weight excluding hydrogens is 502 g/mol. The molecule has 8 nitrogen and oxygen atoms in total. The second-order valence-corrected chi connectivity index (χ2v) is 10.8. The lowest BCUT2D eigenvalue weighted by Crippen LogP contribution is -2.09. The fourth-order valence-corrected chi connectivity index (χ4v) is 5.74. The van der Waals surface area contributed by atoms with Crippen molar-refractivity contribution in [1.29, 1.82) is 0 Å². The third-order valence-electron chi connectivity index (χ3n) is 4.13. The monoisotopic (exact) mass is 523 g/mol. The topological polar surface area (TPSA) is 117 Å². The predicted molar refractivity (Wildman–Crippen MR) is 127 cm³/mol. The van der Waals surface area contributed by atoms with Crippen molar-refractivity contribution >= 4 is 54.1 Å². The van der Waals surface area contributed by atoms with E-state index in [1.807, 2.05) is 31.2 Å². The molecule has 1 atom stereocenters. The molecule has 0 saturated heterocycles. The molecule has 1 aromatic heterocycles. The highest BCUT2D eigenvalue weighted by Gasteiger charge is 2.13. The van der Waals surface area contributed by atoms with E-state index in [-0.39, 0.29) is 11.5 Å². The van der Waals surface area contributed by atoms with E-state index in [4.69, 9.17) is 5.11 Å². The molecule has 0 amide bonds. The number of rotatable bonds is 8. The average Bonchev–Trinajstić information content (AvgIpc) is 2.74. The summed E-state index contributed by atoms with van der Waals surface area (Å²) in [5.41, 5.74) is 1.74. The summed E-state index contributed by atoms with van der Waals surface area (Å²) < 4.78 is 29.9. The van der Waals surface area contributed by atoms with Gasteiger partial charge in [-0.05, 0) is 65.5 Å². The van der Waals surface area contributed by atoms with Crippen LogP contribution in [0.1, 0.15) is 5.56 Å². The highest BCUT2D eigenvalue weighted by molar-refractivity contribution is 9.10. The van der Waals surface area contributed by atoms with Gasteiger partial charge in [-0.2, -0.15) is 13.4 Å². The molecular formula is C20H22BrN5O3S2. The van der Waals surface area contributed by atoms with Crippen LogP contribution in [0.5, 0.6) is 0 Å². The van der Waals surface area contributed by atoms with Crippen LogP contribution in [0.4, 0.5) is 17.5 Å². The Kier molecular flexibility index (Phi) is 7.76. The van der Waals surface area contributed by atoms with Gasteiger partial charge in [-0.1, -0.05) is 28.4 Å². The Balaban J connectivity index is 1.75. The summed E-state index contributed by atoms with van der Waals surface area (Å²) in [6.07, 6.45) is 3.38. The van der Waals surface area contributed by atoms with E-state index in [2.05, 4.69) is 40.3 Å². The maximum atomic E-state index is 12.6. The molecule has 1 heterocycles. The summed E-state index contributed by atoms with van der Waals surface area (Å²) in [6, 6.07) is 13.9. The molecule has 11 heteroatoms. The number of benzene rings is 2. The first-order valence-electron chi connectivity index (χ1n) is 9.23. The number of aromatic nitrogens is 2. The summed E-state index contributed by atoms with van der Waals surface area (Å²) in [4.78, 5) is 9.57. The Labute approximate surface area is 192 Å². The number of hydrogen-bond donors (Lipinski definition) is 3. The summed E-state index contributed by atoms with van der Waals surface area (Å²) in [5.74, 6) is 0.955. The molecule has 31 heavy (non-hydrogen) atoms. The molecule has 0 spiro atoms. The van der Waals surface area contributed by atoms with Crippen LogP contribution in [-0.2, 0) is 20.7 Å². The summed E-state index contributed by atoms with van der Waals surface area (Å²) >= 11 is 3.36. The molecule has 164 valence electrons. The highest BCUT2D eigenvalue weighted by atomic mass is 79.9. The quantitative estimate of drug-likeness (QED) is 0.410. The number of sulfonamides is 1. The van der Waals surface area contributed by atoms with E-state index in [0.717, 1.165) is 16.1 Å². The smallest absolute Gasteiger partial charge is 0.288 e. The Morgan fingerprint density at radius 3 is 2.45 bits per heavy atom. The van der Waals surface area contributed by atoms with E-state index in [1.54, 1.807) is 36.7 Å². The Morgan fingerprint density at radius 2 is 1.81 bits per heavy atom. The SMILES string of the molecule is Cc1ccc(S(=O)(=O)N=S(C)c2ccc(Nc3ncc(Br)c(NCCO)n3)cc2)cc1. The van der Waals surface area contributed by atoms with Crippen LogP contribution in [0.3, 0.4) is 0 Å². The standard InChI is InChI=1S/C20H22BrN5O3S2/c1-14-3-9-17(10-4-14)31(28,29)26-30(2)16-7-5-15(6-8-16)24-20-23-13-18(21)19(25-20)22-11-12-27/h3-10,13,27H,11-12H2,1-2H3,(H2,22,23,24,25). The predicted octanol–water partition coefficient (Wildman–Crippen LogP) is 3.87. The molecule has 0 aliphatic carbocycles. The van der Waals surface area contributed by atoms with E-state index in [0.29, 0.717) is 22.8 Å². The molecule has 3 rings (SSSR count). The van der Waals surface area contributed by atoms with Crippen LogP contribution in [0.15, 0.2) is 72.8 Å². The molecule has 2 aromatic carbocycles. The van der Waals surface area contributed by atoms with E-state index >= 15 is 0 Å². The largest absolute Gasteiger partial charge is 0.395 e. The third kappa shape index (κ3) is 6.33. The number of halogens is 1. The fourth-order valence-electron chi connectivity index (χ4n) is 2.53. The van der Waals surface area contributed by atoms with Crippen LogP contribution in [-0.4, -0.2) is 42.9 Å². The van der Waals surface area contributed by atoms with Crippen molar-refractivity contribution in [2.45, 2.75) is 16.7 Å². The minimum Gasteiger partial charge on any atom is -0.395 e. The lowest BCUT2D eigenvalue weighted by molar-refractivity contribution is 0.311. The van der Waals surface area contributed by atoms with Crippen molar-refractivity contribution in [2.24, 2.45) is 3.77 Å². The van der Waals surface area contributed by atoms with E-state index < -0.39 is 20.7 Å².